The van der Waals surface area contributed by atoms with E-state index in [1.165, 1.54) is 5.56 Å². The van der Waals surface area contributed by atoms with Crippen LogP contribution in [0.4, 0.5) is 0 Å². The fourth-order valence-electron chi connectivity index (χ4n) is 5.29. The van der Waals surface area contributed by atoms with E-state index >= 15 is 0 Å². The zero-order valence-electron chi connectivity index (χ0n) is 19.2. The van der Waals surface area contributed by atoms with Gasteiger partial charge in [0, 0.05) is 38.0 Å². The Labute approximate surface area is 200 Å². The van der Waals surface area contributed by atoms with Gasteiger partial charge in [-0.15, -0.1) is 0 Å². The van der Waals surface area contributed by atoms with Crippen molar-refractivity contribution in [2.24, 2.45) is 5.73 Å². The molecule has 0 radical (unpaired) electrons. The van der Waals surface area contributed by atoms with Crippen LogP contribution in [0.15, 0.2) is 78.9 Å². The smallest absolute Gasteiger partial charge is 0.273 e. The van der Waals surface area contributed by atoms with Gasteiger partial charge in [0.15, 0.2) is 0 Å². The van der Waals surface area contributed by atoms with Crippen LogP contribution in [0, 0.1) is 0 Å². The molecule has 2 aliphatic heterocycles. The second-order valence-corrected chi connectivity index (χ2v) is 9.22. The molecule has 3 heterocycles. The van der Waals surface area contributed by atoms with Crippen LogP contribution in [-0.4, -0.2) is 52.3 Å². The quantitative estimate of drug-likeness (QED) is 0.639. The fourth-order valence-corrected chi connectivity index (χ4v) is 5.29. The predicted molar refractivity (Wildman–Crippen MR) is 131 cm³/mol. The van der Waals surface area contributed by atoms with Crippen molar-refractivity contribution in [3.63, 3.8) is 0 Å². The average molecular weight is 455 g/mol. The van der Waals surface area contributed by atoms with E-state index in [0.29, 0.717) is 43.4 Å². The molecule has 0 bridgehead atoms. The van der Waals surface area contributed by atoms with Gasteiger partial charge in [-0.25, -0.2) is 4.98 Å². The highest BCUT2D eigenvalue weighted by atomic mass is 16.2. The lowest BCUT2D eigenvalue weighted by Crippen LogP contribution is -2.47. The lowest BCUT2D eigenvalue weighted by Gasteiger charge is -2.28. The average Bonchev–Trinajstić information content (AvgIpc) is 3.57. The van der Waals surface area contributed by atoms with Crippen molar-refractivity contribution in [1.29, 1.82) is 0 Å². The molecule has 174 valence electrons. The van der Waals surface area contributed by atoms with Crippen molar-refractivity contribution >= 4 is 11.8 Å². The molecule has 3 aromatic rings. The number of carbonyl (C=O) groups is 2. The lowest BCUT2D eigenvalue weighted by atomic mass is 9.96. The van der Waals surface area contributed by atoms with Gasteiger partial charge in [0.05, 0.1) is 5.69 Å². The number of pyridine rings is 1. The van der Waals surface area contributed by atoms with Gasteiger partial charge in [0.25, 0.3) is 5.91 Å². The SMILES string of the molecule is NCc1cccc(C(=O)N2C[C@@H](c3ccccc3)C[C@H]2C(=O)N2CCC(c3ccccc3)C2)n1. The molecular formula is C28H30N4O2. The van der Waals surface area contributed by atoms with E-state index < -0.39 is 6.04 Å². The highest BCUT2D eigenvalue weighted by molar-refractivity contribution is 5.97. The van der Waals surface area contributed by atoms with E-state index in [1.807, 2.05) is 47.4 Å². The highest BCUT2D eigenvalue weighted by Crippen LogP contribution is 2.35. The second-order valence-electron chi connectivity index (χ2n) is 9.22. The minimum atomic E-state index is -0.490. The summed E-state index contributed by atoms with van der Waals surface area (Å²) in [6.07, 6.45) is 1.57. The molecule has 1 unspecified atom stereocenters. The minimum Gasteiger partial charge on any atom is -0.340 e. The molecule has 0 spiro atoms. The minimum absolute atomic E-state index is 0.0418. The Morgan fingerprint density at radius 2 is 1.53 bits per heavy atom. The first-order valence-electron chi connectivity index (χ1n) is 12.0. The molecule has 2 saturated heterocycles. The topological polar surface area (TPSA) is 79.5 Å². The van der Waals surface area contributed by atoms with Crippen LogP contribution in [0.5, 0.6) is 0 Å². The van der Waals surface area contributed by atoms with Crippen molar-refractivity contribution in [2.45, 2.75) is 37.3 Å². The molecule has 0 aliphatic carbocycles. The van der Waals surface area contributed by atoms with E-state index in [2.05, 4.69) is 29.2 Å². The molecular weight excluding hydrogens is 424 g/mol. The van der Waals surface area contributed by atoms with Gasteiger partial charge in [-0.1, -0.05) is 66.7 Å². The Morgan fingerprint density at radius 3 is 2.21 bits per heavy atom. The molecule has 2 fully saturated rings. The molecule has 2 aliphatic rings. The Morgan fingerprint density at radius 1 is 0.853 bits per heavy atom. The first-order chi connectivity index (χ1) is 16.6. The Kier molecular flexibility index (Phi) is 6.41. The van der Waals surface area contributed by atoms with Crippen LogP contribution in [0.2, 0.25) is 0 Å². The number of carbonyl (C=O) groups excluding carboxylic acids is 2. The van der Waals surface area contributed by atoms with E-state index in [9.17, 15) is 9.59 Å². The van der Waals surface area contributed by atoms with Crippen molar-refractivity contribution in [1.82, 2.24) is 14.8 Å². The summed E-state index contributed by atoms with van der Waals surface area (Å²) in [7, 11) is 0. The summed E-state index contributed by atoms with van der Waals surface area (Å²) in [4.78, 5) is 35.4. The summed E-state index contributed by atoms with van der Waals surface area (Å²) in [6.45, 7) is 2.18. The fraction of sp³-hybridized carbons (Fsp3) is 0.321. The number of benzene rings is 2. The zero-order valence-corrected chi connectivity index (χ0v) is 19.2. The number of likely N-dealkylation sites (tertiary alicyclic amines) is 2. The molecule has 1 aromatic heterocycles. The molecule has 3 atom stereocenters. The molecule has 2 amide bonds. The van der Waals surface area contributed by atoms with Crippen molar-refractivity contribution < 1.29 is 9.59 Å². The van der Waals surface area contributed by atoms with Crippen molar-refractivity contribution in [3.05, 3.63) is 101 Å². The third-order valence-corrected chi connectivity index (χ3v) is 7.12. The Hall–Kier alpha value is -3.51. The molecule has 2 N–H and O–H groups in total. The maximum Gasteiger partial charge on any atom is 0.273 e. The molecule has 5 rings (SSSR count). The second kappa shape index (κ2) is 9.77. The summed E-state index contributed by atoms with van der Waals surface area (Å²) in [6, 6.07) is 25.4. The summed E-state index contributed by atoms with van der Waals surface area (Å²) in [5.74, 6) is 0.291. The third kappa shape index (κ3) is 4.46. The number of amides is 2. The van der Waals surface area contributed by atoms with Gasteiger partial charge < -0.3 is 15.5 Å². The molecule has 0 saturated carbocycles. The van der Waals surface area contributed by atoms with Crippen LogP contribution in [0.3, 0.4) is 0 Å². The summed E-state index contributed by atoms with van der Waals surface area (Å²) in [5.41, 5.74) is 9.17. The number of nitrogens with two attached hydrogens (primary N) is 1. The van der Waals surface area contributed by atoms with Gasteiger partial charge in [-0.2, -0.15) is 0 Å². The van der Waals surface area contributed by atoms with E-state index in [-0.39, 0.29) is 24.3 Å². The van der Waals surface area contributed by atoms with Crippen LogP contribution < -0.4 is 5.73 Å². The van der Waals surface area contributed by atoms with Gasteiger partial charge in [-0.3, -0.25) is 9.59 Å². The number of hydrogen-bond acceptors (Lipinski definition) is 4. The first kappa shape index (κ1) is 22.3. The molecule has 6 heteroatoms. The van der Waals surface area contributed by atoms with Crippen molar-refractivity contribution in [2.75, 3.05) is 19.6 Å². The molecule has 34 heavy (non-hydrogen) atoms. The summed E-state index contributed by atoms with van der Waals surface area (Å²) in [5, 5.41) is 0. The van der Waals surface area contributed by atoms with E-state index in [0.717, 1.165) is 12.0 Å². The zero-order chi connectivity index (χ0) is 23.5. The van der Waals surface area contributed by atoms with Crippen LogP contribution in [-0.2, 0) is 11.3 Å². The van der Waals surface area contributed by atoms with Gasteiger partial charge >= 0.3 is 0 Å². The van der Waals surface area contributed by atoms with E-state index in [4.69, 9.17) is 5.73 Å². The number of aromatic nitrogens is 1. The first-order valence-corrected chi connectivity index (χ1v) is 12.0. The van der Waals surface area contributed by atoms with Gasteiger partial charge in [0.2, 0.25) is 5.91 Å². The van der Waals surface area contributed by atoms with Gasteiger partial charge in [-0.05, 0) is 36.1 Å². The molecule has 2 aromatic carbocycles. The molecule has 6 nitrogen and oxygen atoms in total. The van der Waals surface area contributed by atoms with Gasteiger partial charge in [0.1, 0.15) is 11.7 Å². The highest BCUT2D eigenvalue weighted by Gasteiger charge is 2.43. The predicted octanol–water partition coefficient (Wildman–Crippen LogP) is 3.55. The largest absolute Gasteiger partial charge is 0.340 e. The van der Waals surface area contributed by atoms with E-state index in [1.54, 1.807) is 17.0 Å². The number of nitrogens with zero attached hydrogens (tertiary/aromatic N) is 3. The normalized spacial score (nSPS) is 22.2. The monoisotopic (exact) mass is 454 g/mol. The van der Waals surface area contributed by atoms with Crippen molar-refractivity contribution in [3.8, 4) is 0 Å². The third-order valence-electron chi connectivity index (χ3n) is 7.12. The number of hydrogen-bond donors (Lipinski definition) is 1. The lowest BCUT2D eigenvalue weighted by molar-refractivity contribution is -0.134. The maximum atomic E-state index is 13.8. The summed E-state index contributed by atoms with van der Waals surface area (Å²) < 4.78 is 0. The van der Waals surface area contributed by atoms with Crippen LogP contribution in [0.25, 0.3) is 0 Å². The Balaban J connectivity index is 1.39. The summed E-state index contributed by atoms with van der Waals surface area (Å²) >= 11 is 0. The Bertz CT molecular complexity index is 1150. The maximum absolute atomic E-state index is 13.8. The number of rotatable bonds is 5. The standard InChI is InChI=1S/C28H30N4O2/c29-17-24-12-7-13-25(30-24)27(33)32-19-23(21-10-5-2-6-11-21)16-26(32)28(34)31-15-14-22(18-31)20-8-3-1-4-9-20/h1-13,22-23,26H,14-19,29H2/t22?,23-,26-/m0/s1. The van der Waals surface area contributed by atoms with Crippen LogP contribution in [0.1, 0.15) is 52.0 Å². The van der Waals surface area contributed by atoms with Crippen LogP contribution >= 0.6 is 0 Å².